The molecule has 0 amide bonds. The lowest BCUT2D eigenvalue weighted by Crippen LogP contribution is -2.24. The van der Waals surface area contributed by atoms with Crippen LogP contribution in [-0.4, -0.2) is 24.9 Å². The van der Waals surface area contributed by atoms with E-state index in [4.69, 9.17) is 14.7 Å². The molecular formula is C16H32F2O4. The Balaban J connectivity index is 3.97. The van der Waals surface area contributed by atoms with Gasteiger partial charge in [-0.05, 0) is 25.7 Å². The molecule has 0 saturated carbocycles. The minimum absolute atomic E-state index is 0.177. The number of rotatable bonds is 14. The predicted octanol–water partition coefficient (Wildman–Crippen LogP) is 5.27. The quantitative estimate of drug-likeness (QED) is 0.322. The lowest BCUT2D eigenvalue weighted by Gasteiger charge is -2.22. The summed E-state index contributed by atoms with van der Waals surface area (Å²) >= 11 is 0. The summed E-state index contributed by atoms with van der Waals surface area (Å²) in [6, 6.07) is 0. The predicted molar refractivity (Wildman–Crippen MR) is 81.3 cm³/mol. The SMILES string of the molecule is CCCC(F)OOC(C)CCC(OOC(F)CCC)C(C)C. The molecule has 0 aromatic heterocycles. The fourth-order valence-electron chi connectivity index (χ4n) is 1.78. The Morgan fingerprint density at radius 3 is 1.64 bits per heavy atom. The fraction of sp³-hybridized carbons (Fsp3) is 1.00. The van der Waals surface area contributed by atoms with Gasteiger partial charge in [0.05, 0.1) is 12.2 Å². The molecule has 0 aromatic carbocycles. The molecule has 0 aliphatic rings. The van der Waals surface area contributed by atoms with Gasteiger partial charge in [0.15, 0.2) is 0 Å². The van der Waals surface area contributed by atoms with Gasteiger partial charge in [-0.2, -0.15) is 9.78 Å². The van der Waals surface area contributed by atoms with E-state index in [1.165, 1.54) is 0 Å². The highest BCUT2D eigenvalue weighted by atomic mass is 19.2. The van der Waals surface area contributed by atoms with Crippen molar-refractivity contribution in [3.8, 4) is 0 Å². The van der Waals surface area contributed by atoms with Gasteiger partial charge in [-0.3, -0.25) is 0 Å². The third-order valence-corrected chi connectivity index (χ3v) is 3.24. The highest BCUT2D eigenvalue weighted by Crippen LogP contribution is 2.18. The third-order valence-electron chi connectivity index (χ3n) is 3.24. The second-order valence-electron chi connectivity index (χ2n) is 5.95. The maximum Gasteiger partial charge on any atom is 0.231 e. The molecule has 0 spiro atoms. The normalized spacial score (nSPS) is 17.5. The topological polar surface area (TPSA) is 36.9 Å². The van der Waals surface area contributed by atoms with Crippen molar-refractivity contribution in [2.24, 2.45) is 5.92 Å². The highest BCUT2D eigenvalue weighted by Gasteiger charge is 2.20. The van der Waals surface area contributed by atoms with E-state index in [-0.39, 0.29) is 18.1 Å². The minimum Gasteiger partial charge on any atom is -0.231 e. The van der Waals surface area contributed by atoms with Crippen LogP contribution in [0.1, 0.15) is 73.1 Å². The van der Waals surface area contributed by atoms with Crippen LogP contribution < -0.4 is 0 Å². The standard InChI is InChI=1S/C16H32F2O4/c1-6-8-15(17)21-19-13(5)10-11-14(12(3)4)20-22-16(18)9-7-2/h12-16H,6-11H2,1-5H3. The monoisotopic (exact) mass is 326 g/mol. The molecule has 4 nitrogen and oxygen atoms in total. The molecule has 134 valence electrons. The van der Waals surface area contributed by atoms with Crippen molar-refractivity contribution in [3.05, 3.63) is 0 Å². The average molecular weight is 326 g/mol. The zero-order valence-corrected chi connectivity index (χ0v) is 14.5. The van der Waals surface area contributed by atoms with E-state index in [0.717, 1.165) is 0 Å². The zero-order chi connectivity index (χ0) is 17.0. The summed E-state index contributed by atoms with van der Waals surface area (Å²) in [5, 5.41) is 0. The van der Waals surface area contributed by atoms with Crippen LogP contribution in [0.4, 0.5) is 8.78 Å². The molecule has 0 heterocycles. The van der Waals surface area contributed by atoms with Crippen molar-refractivity contribution in [3.63, 3.8) is 0 Å². The third kappa shape index (κ3) is 11.3. The lowest BCUT2D eigenvalue weighted by molar-refractivity contribution is -0.388. The summed E-state index contributed by atoms with van der Waals surface area (Å²) in [5.74, 6) is 0.177. The van der Waals surface area contributed by atoms with Crippen molar-refractivity contribution in [2.45, 2.75) is 98.1 Å². The molecule has 0 N–H and O–H groups in total. The van der Waals surface area contributed by atoms with E-state index >= 15 is 0 Å². The number of hydrogen-bond acceptors (Lipinski definition) is 4. The molecule has 22 heavy (non-hydrogen) atoms. The maximum absolute atomic E-state index is 13.3. The Morgan fingerprint density at radius 1 is 0.682 bits per heavy atom. The van der Waals surface area contributed by atoms with Crippen LogP contribution in [0.2, 0.25) is 0 Å². The first-order valence-corrected chi connectivity index (χ1v) is 8.33. The zero-order valence-electron chi connectivity index (χ0n) is 14.5. The van der Waals surface area contributed by atoms with Crippen molar-refractivity contribution in [2.75, 3.05) is 0 Å². The van der Waals surface area contributed by atoms with E-state index in [0.29, 0.717) is 38.5 Å². The van der Waals surface area contributed by atoms with Gasteiger partial charge >= 0.3 is 0 Å². The van der Waals surface area contributed by atoms with Gasteiger partial charge in [0.25, 0.3) is 0 Å². The van der Waals surface area contributed by atoms with E-state index < -0.39 is 12.7 Å². The summed E-state index contributed by atoms with van der Waals surface area (Å²) in [5.41, 5.74) is 0. The van der Waals surface area contributed by atoms with Crippen molar-refractivity contribution in [1.29, 1.82) is 0 Å². The fourth-order valence-corrected chi connectivity index (χ4v) is 1.78. The molecule has 4 unspecified atom stereocenters. The van der Waals surface area contributed by atoms with Crippen molar-refractivity contribution >= 4 is 0 Å². The summed E-state index contributed by atoms with van der Waals surface area (Å²) in [6.07, 6.45) is -0.0560. The van der Waals surface area contributed by atoms with Gasteiger partial charge in [0.1, 0.15) is 0 Å². The van der Waals surface area contributed by atoms with Crippen LogP contribution in [0.5, 0.6) is 0 Å². The smallest absolute Gasteiger partial charge is 0.231 e. The number of hydrogen-bond donors (Lipinski definition) is 0. The molecule has 0 bridgehead atoms. The summed E-state index contributed by atoms with van der Waals surface area (Å²) in [4.78, 5) is 19.6. The molecule has 4 atom stereocenters. The van der Waals surface area contributed by atoms with Crippen LogP contribution in [-0.2, 0) is 19.6 Å². The van der Waals surface area contributed by atoms with Crippen molar-refractivity contribution < 1.29 is 28.3 Å². The Morgan fingerprint density at radius 2 is 1.18 bits per heavy atom. The molecule has 0 aromatic rings. The van der Waals surface area contributed by atoms with Gasteiger partial charge < -0.3 is 0 Å². The second kappa shape index (κ2) is 13.2. The largest absolute Gasteiger partial charge is 0.231 e. The van der Waals surface area contributed by atoms with Crippen LogP contribution in [0, 0.1) is 5.92 Å². The average Bonchev–Trinajstić information content (AvgIpc) is 2.45. The van der Waals surface area contributed by atoms with Crippen LogP contribution in [0.3, 0.4) is 0 Å². The molecule has 0 fully saturated rings. The van der Waals surface area contributed by atoms with Gasteiger partial charge in [-0.25, -0.2) is 18.6 Å². The summed E-state index contributed by atoms with van der Waals surface area (Å²) in [7, 11) is 0. The van der Waals surface area contributed by atoms with Gasteiger partial charge in [-0.15, -0.1) is 0 Å². The lowest BCUT2D eigenvalue weighted by atomic mass is 10.0. The molecule has 0 aliphatic carbocycles. The van der Waals surface area contributed by atoms with Gasteiger partial charge in [0.2, 0.25) is 12.7 Å². The maximum atomic E-state index is 13.3. The van der Waals surface area contributed by atoms with Crippen LogP contribution >= 0.6 is 0 Å². The molecule has 0 radical (unpaired) electrons. The number of halogens is 2. The first kappa shape index (κ1) is 21.7. The van der Waals surface area contributed by atoms with E-state index in [9.17, 15) is 8.78 Å². The minimum atomic E-state index is -1.40. The Hall–Kier alpha value is -0.300. The van der Waals surface area contributed by atoms with Crippen molar-refractivity contribution in [1.82, 2.24) is 0 Å². The van der Waals surface area contributed by atoms with E-state index in [1.54, 1.807) is 6.92 Å². The Kier molecular flexibility index (Phi) is 13.0. The summed E-state index contributed by atoms with van der Waals surface area (Å²) in [6.45, 7) is 9.50. The molecule has 0 rings (SSSR count). The van der Waals surface area contributed by atoms with Crippen LogP contribution in [0.25, 0.3) is 0 Å². The highest BCUT2D eigenvalue weighted by molar-refractivity contribution is 4.63. The molecular weight excluding hydrogens is 294 g/mol. The second-order valence-corrected chi connectivity index (χ2v) is 5.95. The first-order valence-electron chi connectivity index (χ1n) is 8.33. The van der Waals surface area contributed by atoms with Crippen LogP contribution in [0.15, 0.2) is 0 Å². The Bertz CT molecular complexity index is 254. The molecule has 6 heteroatoms. The van der Waals surface area contributed by atoms with Gasteiger partial charge in [0, 0.05) is 12.8 Å². The number of alkyl halides is 2. The summed E-state index contributed by atoms with van der Waals surface area (Å²) < 4.78 is 26.4. The Labute approximate surface area is 133 Å². The van der Waals surface area contributed by atoms with E-state index in [1.807, 2.05) is 27.7 Å². The molecule has 0 aliphatic heterocycles. The van der Waals surface area contributed by atoms with Gasteiger partial charge in [-0.1, -0.05) is 40.5 Å². The van der Waals surface area contributed by atoms with E-state index in [2.05, 4.69) is 4.89 Å². The first-order chi connectivity index (χ1) is 10.4. The molecule has 0 saturated heterocycles.